The number of ether oxygens (including phenoxy) is 1. The standard InChI is InChI=1S/C9H8ClI3O/c10-2-1-3-14-9-7(12)4-6(11)5-8(9)13/h4-5H,1-3H2. The van der Waals surface area contributed by atoms with Crippen molar-refractivity contribution in [3.05, 3.63) is 22.8 Å². The molecule has 1 aromatic carbocycles. The molecule has 1 nitrogen and oxygen atoms in total. The second-order valence-corrected chi connectivity index (χ2v) is 6.54. The predicted octanol–water partition coefficient (Wildman–Crippen LogP) is 4.51. The van der Waals surface area contributed by atoms with Crippen LogP contribution in [0.15, 0.2) is 12.1 Å². The van der Waals surface area contributed by atoms with Gasteiger partial charge in [0.2, 0.25) is 0 Å². The summed E-state index contributed by atoms with van der Waals surface area (Å²) in [4.78, 5) is 0. The van der Waals surface area contributed by atoms with Crippen molar-refractivity contribution in [2.45, 2.75) is 6.42 Å². The smallest absolute Gasteiger partial charge is 0.145 e. The number of alkyl halides is 1. The molecule has 0 aliphatic carbocycles. The number of rotatable bonds is 4. The summed E-state index contributed by atoms with van der Waals surface area (Å²) in [5, 5.41) is 0. The molecule has 0 fully saturated rings. The van der Waals surface area contributed by atoms with E-state index < -0.39 is 0 Å². The van der Waals surface area contributed by atoms with E-state index in [9.17, 15) is 0 Å². The molecule has 0 spiro atoms. The van der Waals surface area contributed by atoms with Gasteiger partial charge in [0.25, 0.3) is 0 Å². The Morgan fingerprint density at radius 3 is 2.21 bits per heavy atom. The molecule has 0 atom stereocenters. The average Bonchev–Trinajstić information content (AvgIpc) is 2.09. The maximum Gasteiger partial charge on any atom is 0.145 e. The minimum Gasteiger partial charge on any atom is -0.491 e. The van der Waals surface area contributed by atoms with E-state index in [0.29, 0.717) is 12.5 Å². The molecular weight excluding hydrogens is 540 g/mol. The molecule has 5 heteroatoms. The monoisotopic (exact) mass is 548 g/mol. The van der Waals surface area contributed by atoms with Gasteiger partial charge in [0.15, 0.2) is 0 Å². The number of halogens is 4. The van der Waals surface area contributed by atoms with Gasteiger partial charge in [-0.1, -0.05) is 0 Å². The molecule has 0 N–H and O–H groups in total. The van der Waals surface area contributed by atoms with Crippen LogP contribution in [0.3, 0.4) is 0 Å². The molecular formula is C9H8ClI3O. The van der Waals surface area contributed by atoms with Gasteiger partial charge >= 0.3 is 0 Å². The van der Waals surface area contributed by atoms with Gasteiger partial charge in [-0.25, -0.2) is 0 Å². The first-order valence-electron chi connectivity index (χ1n) is 3.98. The Morgan fingerprint density at radius 1 is 1.14 bits per heavy atom. The first-order valence-corrected chi connectivity index (χ1v) is 7.75. The van der Waals surface area contributed by atoms with Crippen molar-refractivity contribution in [2.75, 3.05) is 12.5 Å². The summed E-state index contributed by atoms with van der Waals surface area (Å²) < 4.78 is 9.22. The van der Waals surface area contributed by atoms with E-state index in [0.717, 1.165) is 19.3 Å². The lowest BCUT2D eigenvalue weighted by Gasteiger charge is -2.09. The lowest BCUT2D eigenvalue weighted by atomic mass is 10.3. The van der Waals surface area contributed by atoms with Crippen molar-refractivity contribution in [3.63, 3.8) is 0 Å². The highest BCUT2D eigenvalue weighted by molar-refractivity contribution is 14.1. The summed E-state index contributed by atoms with van der Waals surface area (Å²) in [5.74, 6) is 1.63. The van der Waals surface area contributed by atoms with Gasteiger partial charge < -0.3 is 4.74 Å². The van der Waals surface area contributed by atoms with Gasteiger partial charge in [-0.05, 0) is 86.3 Å². The van der Waals surface area contributed by atoms with Gasteiger partial charge in [-0.15, -0.1) is 11.6 Å². The molecule has 1 aromatic rings. The zero-order valence-electron chi connectivity index (χ0n) is 7.20. The van der Waals surface area contributed by atoms with Crippen LogP contribution >= 0.6 is 79.4 Å². The number of benzene rings is 1. The summed E-state index contributed by atoms with van der Waals surface area (Å²) in [7, 11) is 0. The molecule has 1 rings (SSSR count). The third kappa shape index (κ3) is 4.17. The van der Waals surface area contributed by atoms with Crippen LogP contribution in [0, 0.1) is 10.7 Å². The fraction of sp³-hybridized carbons (Fsp3) is 0.333. The molecule has 0 aliphatic heterocycles. The second kappa shape index (κ2) is 6.95. The molecule has 0 radical (unpaired) electrons. The van der Waals surface area contributed by atoms with Crippen molar-refractivity contribution in [2.24, 2.45) is 0 Å². The van der Waals surface area contributed by atoms with Crippen molar-refractivity contribution < 1.29 is 4.74 Å². The lowest BCUT2D eigenvalue weighted by molar-refractivity contribution is 0.314. The van der Waals surface area contributed by atoms with Crippen LogP contribution in [0.4, 0.5) is 0 Å². The zero-order chi connectivity index (χ0) is 10.6. The van der Waals surface area contributed by atoms with E-state index in [-0.39, 0.29) is 0 Å². The van der Waals surface area contributed by atoms with Crippen molar-refractivity contribution in [1.82, 2.24) is 0 Å². The van der Waals surface area contributed by atoms with E-state index in [1.54, 1.807) is 0 Å². The molecule has 0 saturated carbocycles. The quantitative estimate of drug-likeness (QED) is 0.306. The van der Waals surface area contributed by atoms with Crippen molar-refractivity contribution in [1.29, 1.82) is 0 Å². The fourth-order valence-corrected chi connectivity index (χ4v) is 4.90. The highest BCUT2D eigenvalue weighted by Crippen LogP contribution is 2.29. The SMILES string of the molecule is ClCCCOc1c(I)cc(I)cc1I. The topological polar surface area (TPSA) is 9.23 Å². The normalized spacial score (nSPS) is 10.3. The fourth-order valence-electron chi connectivity index (χ4n) is 0.896. The Hall–Kier alpha value is 1.50. The van der Waals surface area contributed by atoms with Gasteiger partial charge in [0, 0.05) is 9.45 Å². The maximum atomic E-state index is 5.66. The van der Waals surface area contributed by atoms with Gasteiger partial charge in [-0.3, -0.25) is 0 Å². The summed E-state index contributed by atoms with van der Waals surface area (Å²) in [6.45, 7) is 0.691. The van der Waals surface area contributed by atoms with E-state index in [2.05, 4.69) is 79.9 Å². The van der Waals surface area contributed by atoms with E-state index in [1.807, 2.05) is 0 Å². The highest BCUT2D eigenvalue weighted by Gasteiger charge is 2.07. The Kier molecular flexibility index (Phi) is 6.73. The van der Waals surface area contributed by atoms with Crippen molar-refractivity contribution >= 4 is 79.4 Å². The Balaban J connectivity index is 2.75. The van der Waals surface area contributed by atoms with Gasteiger partial charge in [-0.2, -0.15) is 0 Å². The maximum absolute atomic E-state index is 5.66. The molecule has 0 saturated heterocycles. The van der Waals surface area contributed by atoms with Crippen LogP contribution in [-0.4, -0.2) is 12.5 Å². The van der Waals surface area contributed by atoms with Gasteiger partial charge in [0.1, 0.15) is 5.75 Å². The third-order valence-corrected chi connectivity index (χ3v) is 3.98. The zero-order valence-corrected chi connectivity index (χ0v) is 14.4. The Labute approximate surface area is 130 Å². The van der Waals surface area contributed by atoms with Crippen LogP contribution in [0.1, 0.15) is 6.42 Å². The first kappa shape index (κ1) is 13.6. The second-order valence-electron chi connectivity index (χ2n) is 2.59. The van der Waals surface area contributed by atoms with Crippen LogP contribution in [-0.2, 0) is 0 Å². The Bertz CT molecular complexity index is 294. The van der Waals surface area contributed by atoms with E-state index >= 15 is 0 Å². The van der Waals surface area contributed by atoms with Gasteiger partial charge in [0.05, 0.1) is 13.7 Å². The summed E-state index contributed by atoms with van der Waals surface area (Å²) in [6, 6.07) is 4.22. The number of hydrogen-bond acceptors (Lipinski definition) is 1. The van der Waals surface area contributed by atoms with E-state index in [1.165, 1.54) is 3.57 Å². The molecule has 0 heterocycles. The molecule has 0 aliphatic rings. The lowest BCUT2D eigenvalue weighted by Crippen LogP contribution is -2.01. The molecule has 14 heavy (non-hydrogen) atoms. The van der Waals surface area contributed by atoms with Crippen LogP contribution in [0.2, 0.25) is 0 Å². The largest absolute Gasteiger partial charge is 0.491 e. The van der Waals surface area contributed by atoms with Crippen LogP contribution in [0.5, 0.6) is 5.75 Å². The minimum atomic E-state index is 0.650. The third-order valence-electron chi connectivity index (χ3n) is 1.49. The highest BCUT2D eigenvalue weighted by atomic mass is 127. The van der Waals surface area contributed by atoms with Crippen LogP contribution < -0.4 is 4.74 Å². The average molecular weight is 548 g/mol. The van der Waals surface area contributed by atoms with Crippen LogP contribution in [0.25, 0.3) is 0 Å². The van der Waals surface area contributed by atoms with E-state index in [4.69, 9.17) is 16.3 Å². The summed E-state index contributed by atoms with van der Waals surface area (Å²) >= 11 is 12.5. The predicted molar refractivity (Wildman–Crippen MR) is 85.4 cm³/mol. The Morgan fingerprint density at radius 2 is 1.71 bits per heavy atom. The summed E-state index contributed by atoms with van der Waals surface area (Å²) in [6.07, 6.45) is 0.889. The minimum absolute atomic E-state index is 0.650. The molecule has 78 valence electrons. The summed E-state index contributed by atoms with van der Waals surface area (Å²) in [5.41, 5.74) is 0. The number of hydrogen-bond donors (Lipinski definition) is 0. The molecule has 0 amide bonds. The first-order chi connectivity index (χ1) is 6.65. The molecule has 0 aromatic heterocycles. The molecule has 0 unspecified atom stereocenters. The van der Waals surface area contributed by atoms with Crippen molar-refractivity contribution in [3.8, 4) is 5.75 Å². The molecule has 0 bridgehead atoms.